The molecule has 0 fully saturated rings. The van der Waals surface area contributed by atoms with E-state index in [0.717, 1.165) is 12.2 Å². The molecule has 1 unspecified atom stereocenters. The monoisotopic (exact) mass is 306 g/mol. The Bertz CT molecular complexity index is 555. The van der Waals surface area contributed by atoms with E-state index in [4.69, 9.17) is 21.1 Å². The molecule has 0 saturated carbocycles. The van der Waals surface area contributed by atoms with Crippen LogP contribution in [0.25, 0.3) is 0 Å². The second kappa shape index (κ2) is 7.91. The molecular formula is C17H19ClO3. The number of aliphatic hydroxyl groups is 1. The number of ether oxygens (including phenoxy) is 2. The van der Waals surface area contributed by atoms with Crippen LogP contribution in [0, 0.1) is 0 Å². The molecule has 2 aromatic rings. The molecular weight excluding hydrogens is 288 g/mol. The van der Waals surface area contributed by atoms with Crippen LogP contribution in [-0.4, -0.2) is 18.3 Å². The van der Waals surface area contributed by atoms with Crippen LogP contribution in [0.3, 0.4) is 0 Å². The highest BCUT2D eigenvalue weighted by Gasteiger charge is 2.09. The van der Waals surface area contributed by atoms with Crippen LogP contribution in [0.2, 0.25) is 5.02 Å². The van der Waals surface area contributed by atoms with Gasteiger partial charge in [-0.2, -0.15) is 0 Å². The van der Waals surface area contributed by atoms with Crippen LogP contribution >= 0.6 is 11.6 Å². The zero-order chi connectivity index (χ0) is 15.1. The summed E-state index contributed by atoms with van der Waals surface area (Å²) in [5, 5.41) is 10.3. The van der Waals surface area contributed by atoms with E-state index in [-0.39, 0.29) is 0 Å². The van der Waals surface area contributed by atoms with Gasteiger partial charge in [0.15, 0.2) is 0 Å². The lowest BCUT2D eigenvalue weighted by Crippen LogP contribution is -2.07. The van der Waals surface area contributed by atoms with Crippen LogP contribution in [0.5, 0.6) is 11.5 Å². The third-order valence-electron chi connectivity index (χ3n) is 2.98. The fourth-order valence-electron chi connectivity index (χ4n) is 1.93. The average molecular weight is 307 g/mol. The molecule has 112 valence electrons. The summed E-state index contributed by atoms with van der Waals surface area (Å²) in [6.45, 7) is 2.80. The molecule has 0 aliphatic rings. The molecule has 2 aromatic carbocycles. The number of halogens is 1. The topological polar surface area (TPSA) is 38.7 Å². The van der Waals surface area contributed by atoms with Crippen molar-refractivity contribution in [1.29, 1.82) is 0 Å². The number of rotatable bonds is 7. The minimum Gasteiger partial charge on any atom is -0.493 e. The first-order valence-electron chi connectivity index (χ1n) is 6.95. The SMILES string of the molecule is CC(O)c1cc(Cl)ccc1OCCCOc1ccccc1. The quantitative estimate of drug-likeness (QED) is 0.778. The summed E-state index contributed by atoms with van der Waals surface area (Å²) < 4.78 is 11.3. The first kappa shape index (κ1) is 15.7. The summed E-state index contributed by atoms with van der Waals surface area (Å²) in [4.78, 5) is 0. The van der Waals surface area contributed by atoms with E-state index in [0.29, 0.717) is 29.5 Å². The van der Waals surface area contributed by atoms with Gasteiger partial charge in [-0.1, -0.05) is 29.8 Å². The standard InChI is InChI=1S/C17H19ClO3/c1-13(19)16-12-14(18)8-9-17(16)21-11-5-10-20-15-6-3-2-4-7-15/h2-4,6-9,12-13,19H,5,10-11H2,1H3. The molecule has 3 nitrogen and oxygen atoms in total. The van der Waals surface area contributed by atoms with E-state index in [1.165, 1.54) is 0 Å². The molecule has 0 aliphatic carbocycles. The minimum absolute atomic E-state index is 0.522. The molecule has 0 saturated heterocycles. The lowest BCUT2D eigenvalue weighted by atomic mass is 10.1. The van der Waals surface area contributed by atoms with Crippen molar-refractivity contribution in [3.8, 4) is 11.5 Å². The van der Waals surface area contributed by atoms with Crippen molar-refractivity contribution in [2.75, 3.05) is 13.2 Å². The normalized spacial score (nSPS) is 12.0. The summed E-state index contributed by atoms with van der Waals surface area (Å²) in [5.41, 5.74) is 0.700. The lowest BCUT2D eigenvalue weighted by molar-refractivity contribution is 0.188. The highest BCUT2D eigenvalue weighted by Crippen LogP contribution is 2.28. The fraction of sp³-hybridized carbons (Fsp3) is 0.294. The summed E-state index contributed by atoms with van der Waals surface area (Å²) in [5.74, 6) is 1.52. The smallest absolute Gasteiger partial charge is 0.125 e. The van der Waals surface area contributed by atoms with Crippen molar-refractivity contribution >= 4 is 11.6 Å². The van der Waals surface area contributed by atoms with Gasteiger partial charge in [-0.25, -0.2) is 0 Å². The molecule has 0 aliphatic heterocycles. The number of benzene rings is 2. The van der Waals surface area contributed by atoms with Crippen molar-refractivity contribution in [2.45, 2.75) is 19.4 Å². The number of hydrogen-bond donors (Lipinski definition) is 1. The summed E-state index contributed by atoms with van der Waals surface area (Å²) in [7, 11) is 0. The zero-order valence-corrected chi connectivity index (χ0v) is 12.7. The van der Waals surface area contributed by atoms with E-state index >= 15 is 0 Å². The summed E-state index contributed by atoms with van der Waals surface area (Å²) in [6.07, 6.45) is 0.149. The maximum Gasteiger partial charge on any atom is 0.125 e. The Kier molecular flexibility index (Phi) is 5.90. The largest absolute Gasteiger partial charge is 0.493 e. The number of para-hydroxylation sites is 1. The number of hydrogen-bond acceptors (Lipinski definition) is 3. The molecule has 21 heavy (non-hydrogen) atoms. The van der Waals surface area contributed by atoms with Gasteiger partial charge < -0.3 is 14.6 Å². The lowest BCUT2D eigenvalue weighted by Gasteiger charge is -2.14. The highest BCUT2D eigenvalue weighted by molar-refractivity contribution is 6.30. The van der Waals surface area contributed by atoms with Crippen LogP contribution in [0.1, 0.15) is 25.0 Å². The number of aliphatic hydroxyl groups excluding tert-OH is 1. The van der Waals surface area contributed by atoms with Crippen LogP contribution < -0.4 is 9.47 Å². The Morgan fingerprint density at radius 3 is 2.48 bits per heavy atom. The average Bonchev–Trinajstić information content (AvgIpc) is 2.49. The van der Waals surface area contributed by atoms with Gasteiger partial charge in [0.1, 0.15) is 11.5 Å². The zero-order valence-electron chi connectivity index (χ0n) is 12.0. The van der Waals surface area contributed by atoms with Gasteiger partial charge in [-0.15, -0.1) is 0 Å². The Hall–Kier alpha value is -1.71. The van der Waals surface area contributed by atoms with Crippen molar-refractivity contribution in [3.05, 3.63) is 59.1 Å². The van der Waals surface area contributed by atoms with Crippen molar-refractivity contribution < 1.29 is 14.6 Å². The third kappa shape index (κ3) is 4.96. The van der Waals surface area contributed by atoms with Gasteiger partial charge in [0, 0.05) is 17.0 Å². The van der Waals surface area contributed by atoms with E-state index in [9.17, 15) is 5.11 Å². The second-order valence-electron chi connectivity index (χ2n) is 4.72. The van der Waals surface area contributed by atoms with E-state index in [1.807, 2.05) is 30.3 Å². The maximum atomic E-state index is 9.72. The molecule has 0 aromatic heterocycles. The molecule has 1 N–H and O–H groups in total. The van der Waals surface area contributed by atoms with Gasteiger partial charge in [-0.05, 0) is 37.3 Å². The Morgan fingerprint density at radius 1 is 1.05 bits per heavy atom. The van der Waals surface area contributed by atoms with E-state index < -0.39 is 6.10 Å². The van der Waals surface area contributed by atoms with Crippen LogP contribution in [0.15, 0.2) is 48.5 Å². The molecule has 0 amide bonds. The van der Waals surface area contributed by atoms with Crippen LogP contribution in [0.4, 0.5) is 0 Å². The van der Waals surface area contributed by atoms with Gasteiger partial charge in [0.25, 0.3) is 0 Å². The third-order valence-corrected chi connectivity index (χ3v) is 3.22. The van der Waals surface area contributed by atoms with Gasteiger partial charge in [-0.3, -0.25) is 0 Å². The Morgan fingerprint density at radius 2 is 1.76 bits per heavy atom. The maximum absolute atomic E-state index is 9.72. The molecule has 4 heteroatoms. The fourth-order valence-corrected chi connectivity index (χ4v) is 2.11. The molecule has 1 atom stereocenters. The molecule has 0 heterocycles. The Labute approximate surface area is 130 Å². The predicted octanol–water partition coefficient (Wildman–Crippen LogP) is 4.24. The molecule has 0 spiro atoms. The molecule has 0 bridgehead atoms. The molecule has 2 rings (SSSR count). The summed E-state index contributed by atoms with van der Waals surface area (Å²) >= 11 is 5.93. The summed E-state index contributed by atoms with van der Waals surface area (Å²) in [6, 6.07) is 14.9. The second-order valence-corrected chi connectivity index (χ2v) is 5.16. The van der Waals surface area contributed by atoms with Gasteiger partial charge >= 0.3 is 0 Å². The van der Waals surface area contributed by atoms with Crippen molar-refractivity contribution in [3.63, 3.8) is 0 Å². The first-order valence-corrected chi connectivity index (χ1v) is 7.33. The first-order chi connectivity index (χ1) is 10.2. The van der Waals surface area contributed by atoms with Gasteiger partial charge in [0.2, 0.25) is 0 Å². The predicted molar refractivity (Wildman–Crippen MR) is 84.1 cm³/mol. The highest BCUT2D eigenvalue weighted by atomic mass is 35.5. The van der Waals surface area contributed by atoms with Crippen LogP contribution in [-0.2, 0) is 0 Å². The minimum atomic E-state index is -0.612. The van der Waals surface area contributed by atoms with Crippen molar-refractivity contribution in [1.82, 2.24) is 0 Å². The molecule has 0 radical (unpaired) electrons. The van der Waals surface area contributed by atoms with E-state index in [1.54, 1.807) is 25.1 Å². The Balaban J connectivity index is 1.78. The van der Waals surface area contributed by atoms with Gasteiger partial charge in [0.05, 0.1) is 19.3 Å². The van der Waals surface area contributed by atoms with Crippen molar-refractivity contribution in [2.24, 2.45) is 0 Å². The van der Waals surface area contributed by atoms with E-state index in [2.05, 4.69) is 0 Å².